The van der Waals surface area contributed by atoms with Crippen molar-refractivity contribution in [1.29, 1.82) is 0 Å². The van der Waals surface area contributed by atoms with E-state index >= 15 is 0 Å². The maximum absolute atomic E-state index is 11.2. The highest BCUT2D eigenvalue weighted by Crippen LogP contribution is 2.73. The van der Waals surface area contributed by atoms with E-state index in [4.69, 9.17) is 19.6 Å². The van der Waals surface area contributed by atoms with Crippen LogP contribution in [-0.2, 0) is 9.13 Å². The van der Waals surface area contributed by atoms with E-state index in [0.717, 1.165) is 0 Å². The van der Waals surface area contributed by atoms with Gasteiger partial charge in [0, 0.05) is 12.6 Å². The number of hydrogen-bond donors (Lipinski definition) is 5. The molecule has 1 atom stereocenters. The Labute approximate surface area is 97.7 Å². The molecule has 0 aromatic heterocycles. The third kappa shape index (κ3) is 2.43. The molecule has 1 unspecified atom stereocenters. The van der Waals surface area contributed by atoms with Gasteiger partial charge in [0.05, 0.1) is 0 Å². The Balaban J connectivity index is 3.10. The first-order valence-electron chi connectivity index (χ1n) is 4.41. The van der Waals surface area contributed by atoms with Gasteiger partial charge in [-0.25, -0.2) is 0 Å². The minimum atomic E-state index is -5.01. The first-order valence-corrected chi connectivity index (χ1v) is 8.27. The van der Waals surface area contributed by atoms with Gasteiger partial charge in [-0.1, -0.05) is 0 Å². The van der Waals surface area contributed by atoms with E-state index in [9.17, 15) is 9.13 Å². The van der Waals surface area contributed by atoms with Crippen molar-refractivity contribution >= 4 is 34.0 Å². The zero-order chi connectivity index (χ0) is 12.6. The Morgan fingerprint density at radius 3 is 2.12 bits per heavy atom. The monoisotopic (exact) mass is 289 g/mol. The highest BCUT2D eigenvalue weighted by Gasteiger charge is 2.62. The zero-order valence-corrected chi connectivity index (χ0v) is 10.9. The Morgan fingerprint density at radius 2 is 1.81 bits per heavy atom. The summed E-state index contributed by atoms with van der Waals surface area (Å²) in [7, 11) is -10.0. The number of rotatable bonds is 4. The highest BCUT2D eigenvalue weighted by molar-refractivity contribution is 7.80. The van der Waals surface area contributed by atoms with E-state index in [1.165, 1.54) is 6.21 Å². The molecule has 1 rings (SSSR count). The van der Waals surface area contributed by atoms with Gasteiger partial charge in [0.2, 0.25) is 0 Å². The molecule has 0 fully saturated rings. The molecule has 0 radical (unpaired) electrons. The van der Waals surface area contributed by atoms with Crippen LogP contribution in [0.2, 0.25) is 0 Å². The normalized spacial score (nSPS) is 24.9. The fourth-order valence-corrected chi connectivity index (χ4v) is 4.65. The smallest absolute Gasteiger partial charge is 0.322 e. The third-order valence-corrected chi connectivity index (χ3v) is 6.74. The van der Waals surface area contributed by atoms with Crippen molar-refractivity contribution < 1.29 is 28.7 Å². The molecule has 7 nitrogen and oxygen atoms in total. The van der Waals surface area contributed by atoms with Crippen LogP contribution >= 0.6 is 27.8 Å². The fourth-order valence-electron chi connectivity index (χ4n) is 1.58. The van der Waals surface area contributed by atoms with Crippen LogP contribution < -0.4 is 0 Å². The Bertz CT molecular complexity index is 364. The molecule has 0 saturated carbocycles. The lowest BCUT2D eigenvalue weighted by molar-refractivity contribution is 0.303. The second kappa shape index (κ2) is 4.53. The molecule has 94 valence electrons. The van der Waals surface area contributed by atoms with Gasteiger partial charge in [-0.3, -0.25) is 14.1 Å². The topological polar surface area (TPSA) is 127 Å². The lowest BCUT2D eigenvalue weighted by atomic mass is 10.1. The van der Waals surface area contributed by atoms with Gasteiger partial charge >= 0.3 is 15.2 Å². The van der Waals surface area contributed by atoms with Gasteiger partial charge in [0.15, 0.2) is 0 Å². The van der Waals surface area contributed by atoms with Crippen molar-refractivity contribution in [3.05, 3.63) is 0 Å². The van der Waals surface area contributed by atoms with Gasteiger partial charge in [-0.05, 0) is 18.1 Å². The van der Waals surface area contributed by atoms with Crippen molar-refractivity contribution in [3.63, 3.8) is 0 Å². The van der Waals surface area contributed by atoms with Gasteiger partial charge in [0.25, 0.3) is 5.02 Å². The number of hydrogen-bond acceptors (Lipinski definition) is 4. The summed E-state index contributed by atoms with van der Waals surface area (Å²) in [6.07, 6.45) is 1.32. The molecule has 0 saturated heterocycles. The largest absolute Gasteiger partial charge is 0.365 e. The molecular weight excluding hydrogens is 276 g/mol. The number of thiol groups is 1. The maximum Gasteiger partial charge on any atom is 0.365 e. The van der Waals surface area contributed by atoms with E-state index < -0.39 is 20.2 Å². The van der Waals surface area contributed by atoms with Crippen molar-refractivity contribution in [2.24, 2.45) is 10.9 Å². The second-order valence-corrected chi connectivity index (χ2v) is 8.07. The summed E-state index contributed by atoms with van der Waals surface area (Å²) in [5.41, 5.74) is 0. The first-order chi connectivity index (χ1) is 7.14. The van der Waals surface area contributed by atoms with Crippen molar-refractivity contribution in [3.8, 4) is 0 Å². The van der Waals surface area contributed by atoms with Crippen LogP contribution in [0.1, 0.15) is 12.8 Å². The average molecular weight is 289 g/mol. The summed E-state index contributed by atoms with van der Waals surface area (Å²) >= 11 is 3.95. The lowest BCUT2D eigenvalue weighted by Crippen LogP contribution is -2.25. The minimum Gasteiger partial charge on any atom is -0.322 e. The quantitative estimate of drug-likeness (QED) is 0.376. The Kier molecular flexibility index (Phi) is 4.08. The van der Waals surface area contributed by atoms with E-state index in [-0.39, 0.29) is 12.3 Å². The number of nitrogens with zero attached hydrogens (tertiary/aromatic N) is 1. The van der Waals surface area contributed by atoms with Crippen molar-refractivity contribution in [1.82, 2.24) is 0 Å². The molecule has 0 aromatic rings. The van der Waals surface area contributed by atoms with Gasteiger partial charge in [-0.2, -0.15) is 12.6 Å². The predicted molar refractivity (Wildman–Crippen MR) is 61.9 cm³/mol. The molecule has 0 amide bonds. The first kappa shape index (κ1) is 14.4. The molecule has 0 bridgehead atoms. The summed E-state index contributed by atoms with van der Waals surface area (Å²) in [5, 5.41) is -2.59. The predicted octanol–water partition coefficient (Wildman–Crippen LogP) is 0.406. The average Bonchev–Trinajstić information content (AvgIpc) is 2.47. The number of aliphatic imine (C=N–C) groups is 1. The molecular formula is C6H13NO6P2S. The van der Waals surface area contributed by atoms with Crippen LogP contribution in [-0.4, -0.2) is 36.6 Å². The summed E-state index contributed by atoms with van der Waals surface area (Å²) in [4.78, 5) is 39.7. The molecule has 10 heteroatoms. The van der Waals surface area contributed by atoms with E-state index in [2.05, 4.69) is 17.6 Å². The van der Waals surface area contributed by atoms with Gasteiger partial charge in [0.1, 0.15) is 0 Å². The zero-order valence-electron chi connectivity index (χ0n) is 8.17. The van der Waals surface area contributed by atoms with E-state index in [1.807, 2.05) is 0 Å². The highest BCUT2D eigenvalue weighted by atomic mass is 32.1. The fraction of sp³-hybridized carbons (Fsp3) is 0.833. The maximum atomic E-state index is 11.2. The molecule has 0 aliphatic carbocycles. The second-order valence-electron chi connectivity index (χ2n) is 3.62. The molecule has 16 heavy (non-hydrogen) atoms. The summed E-state index contributed by atoms with van der Waals surface area (Å²) in [5.74, 6) is 0.0903. The van der Waals surface area contributed by atoms with Crippen molar-refractivity contribution in [2.75, 3.05) is 5.75 Å². The molecule has 4 N–H and O–H groups in total. The van der Waals surface area contributed by atoms with Crippen LogP contribution in [0, 0.1) is 5.92 Å². The molecule has 0 spiro atoms. The lowest BCUT2D eigenvalue weighted by Gasteiger charge is -2.28. The third-order valence-electron chi connectivity index (χ3n) is 2.46. The van der Waals surface area contributed by atoms with Crippen LogP contribution in [0.4, 0.5) is 0 Å². The summed E-state index contributed by atoms with van der Waals surface area (Å²) in [6.45, 7) is 0. The Morgan fingerprint density at radius 1 is 1.31 bits per heavy atom. The van der Waals surface area contributed by atoms with Crippen LogP contribution in [0.5, 0.6) is 0 Å². The molecule has 1 aliphatic heterocycles. The molecule has 1 aliphatic rings. The SMILES string of the molecule is O=P(O)(O)C1(P(=O)(O)O)CC(CCS)C=N1. The standard InChI is InChI=1S/C6H13NO6P2S/c8-14(9,10)6(15(11,12)13)3-5(1-2-16)4-7-6/h4-5,16H,1-3H2,(H2,8,9,10)(H2,11,12,13). The van der Waals surface area contributed by atoms with E-state index in [1.54, 1.807) is 0 Å². The van der Waals surface area contributed by atoms with E-state index in [0.29, 0.717) is 12.2 Å². The Hall–Kier alpha value is 0.320. The minimum absolute atomic E-state index is 0.345. The summed E-state index contributed by atoms with van der Waals surface area (Å²) in [6, 6.07) is 0. The summed E-state index contributed by atoms with van der Waals surface area (Å²) < 4.78 is 22.4. The molecule has 1 heterocycles. The van der Waals surface area contributed by atoms with Gasteiger partial charge < -0.3 is 19.6 Å². The van der Waals surface area contributed by atoms with Crippen LogP contribution in [0.25, 0.3) is 0 Å². The molecule has 0 aromatic carbocycles. The van der Waals surface area contributed by atoms with Gasteiger partial charge in [-0.15, -0.1) is 0 Å². The van der Waals surface area contributed by atoms with Crippen LogP contribution in [0.15, 0.2) is 4.99 Å². The van der Waals surface area contributed by atoms with Crippen molar-refractivity contribution in [2.45, 2.75) is 17.9 Å². The van der Waals surface area contributed by atoms with Crippen LogP contribution in [0.3, 0.4) is 0 Å².